The highest BCUT2D eigenvalue weighted by atomic mass is 16.3. The van der Waals surface area contributed by atoms with E-state index < -0.39 is 0 Å². The van der Waals surface area contributed by atoms with Crippen molar-refractivity contribution in [3.63, 3.8) is 0 Å². The summed E-state index contributed by atoms with van der Waals surface area (Å²) < 4.78 is 8.66. The molecule has 0 saturated carbocycles. The fourth-order valence-electron chi connectivity index (χ4n) is 7.97. The van der Waals surface area contributed by atoms with E-state index in [2.05, 4.69) is 126 Å². The molecular weight excluding hydrogens is 685 g/mol. The zero-order valence-electron chi connectivity index (χ0n) is 30.2. The highest BCUT2D eigenvalue weighted by molar-refractivity contribution is 6.11. The van der Waals surface area contributed by atoms with Crippen LogP contribution in [0.2, 0.25) is 0 Å². The Kier molecular flexibility index (Phi) is 7.42. The van der Waals surface area contributed by atoms with Gasteiger partial charge in [0.1, 0.15) is 11.2 Å². The zero-order valence-corrected chi connectivity index (χ0v) is 30.2. The maximum Gasteiger partial charge on any atom is 0.164 e. The lowest BCUT2D eigenvalue weighted by Crippen LogP contribution is -2.02. The van der Waals surface area contributed by atoms with Crippen LogP contribution in [-0.4, -0.2) is 19.5 Å². The van der Waals surface area contributed by atoms with Gasteiger partial charge in [0.15, 0.2) is 17.5 Å². The minimum Gasteiger partial charge on any atom is -0.456 e. The fourth-order valence-corrected chi connectivity index (χ4v) is 7.97. The SMILES string of the molecule is c1ccc(-c2nc(-c3ccccc3)nc(-c3ccc(-n4c5ccccc5c5cc(-c6ccc7c(c6)oc6ccccc67)ccc54)c(-c4ccccc4)c3)n2)cc1. The minimum atomic E-state index is 0.620. The van der Waals surface area contributed by atoms with Crippen LogP contribution in [0, 0.1) is 0 Å². The second kappa shape index (κ2) is 13.0. The maximum atomic E-state index is 6.27. The van der Waals surface area contributed by atoms with Crippen molar-refractivity contribution < 1.29 is 4.42 Å². The molecule has 11 aromatic rings. The first kappa shape index (κ1) is 31.9. The first-order chi connectivity index (χ1) is 27.7. The zero-order chi connectivity index (χ0) is 37.0. The topological polar surface area (TPSA) is 56.7 Å². The van der Waals surface area contributed by atoms with Crippen LogP contribution in [0.5, 0.6) is 0 Å². The number of rotatable bonds is 6. The summed E-state index contributed by atoms with van der Waals surface area (Å²) >= 11 is 0. The predicted molar refractivity (Wildman–Crippen MR) is 229 cm³/mol. The molecule has 0 unspecified atom stereocenters. The average Bonchev–Trinajstić information content (AvgIpc) is 3.82. The van der Waals surface area contributed by atoms with Crippen LogP contribution in [-0.2, 0) is 0 Å². The van der Waals surface area contributed by atoms with Gasteiger partial charge in [0.2, 0.25) is 0 Å². The number of aromatic nitrogens is 4. The molecule has 0 N–H and O–H groups in total. The van der Waals surface area contributed by atoms with E-state index in [1.54, 1.807) is 0 Å². The first-order valence-electron chi connectivity index (χ1n) is 18.8. The summed E-state index contributed by atoms with van der Waals surface area (Å²) in [5, 5.41) is 4.64. The minimum absolute atomic E-state index is 0.620. The van der Waals surface area contributed by atoms with Gasteiger partial charge in [-0.1, -0.05) is 140 Å². The van der Waals surface area contributed by atoms with Gasteiger partial charge in [-0.15, -0.1) is 0 Å². The second-order valence-corrected chi connectivity index (χ2v) is 14.0. The number of benzene rings is 8. The standard InChI is InChI=1S/C51H32N4O/c1-4-14-33(15-5-1)42-31-38(51-53-49(34-16-6-2-7-17-34)52-50(54-51)35-18-8-3-9-19-35)26-29-45(42)55-44-22-12-10-20-39(44)43-30-36(25-28-46(43)55)37-24-27-41-40-21-11-13-23-47(40)56-48(41)32-37/h1-32H. The number of hydrogen-bond donors (Lipinski definition) is 0. The van der Waals surface area contributed by atoms with E-state index in [-0.39, 0.29) is 0 Å². The lowest BCUT2D eigenvalue weighted by atomic mass is 9.99. The highest BCUT2D eigenvalue weighted by Crippen LogP contribution is 2.40. The Labute approximate surface area is 322 Å². The Morgan fingerprint density at radius 3 is 1.55 bits per heavy atom. The number of nitrogens with zero attached hydrogens (tertiary/aromatic N) is 4. The molecule has 3 aromatic heterocycles. The van der Waals surface area contributed by atoms with Crippen molar-refractivity contribution in [3.05, 3.63) is 194 Å². The molecule has 0 saturated heterocycles. The smallest absolute Gasteiger partial charge is 0.164 e. The number of furan rings is 1. The van der Waals surface area contributed by atoms with Crippen LogP contribution in [0.4, 0.5) is 0 Å². The molecule has 56 heavy (non-hydrogen) atoms. The summed E-state index contributed by atoms with van der Waals surface area (Å²) in [6, 6.07) is 67.6. The van der Waals surface area contributed by atoms with E-state index in [0.29, 0.717) is 17.5 Å². The van der Waals surface area contributed by atoms with Crippen molar-refractivity contribution in [1.29, 1.82) is 0 Å². The van der Waals surface area contributed by atoms with E-state index in [1.165, 1.54) is 10.8 Å². The Bertz CT molecular complexity index is 3180. The van der Waals surface area contributed by atoms with Crippen LogP contribution in [0.25, 0.3) is 106 Å². The number of hydrogen-bond acceptors (Lipinski definition) is 4. The molecule has 0 bridgehead atoms. The molecular formula is C51H32N4O. The van der Waals surface area contributed by atoms with Crippen LogP contribution >= 0.6 is 0 Å². The van der Waals surface area contributed by atoms with Crippen molar-refractivity contribution in [1.82, 2.24) is 19.5 Å². The molecule has 0 amide bonds. The van der Waals surface area contributed by atoms with Crippen LogP contribution < -0.4 is 0 Å². The lowest BCUT2D eigenvalue weighted by Gasteiger charge is -2.16. The molecule has 5 heteroatoms. The van der Waals surface area contributed by atoms with Gasteiger partial charge in [0.05, 0.1) is 16.7 Å². The van der Waals surface area contributed by atoms with Gasteiger partial charge < -0.3 is 8.98 Å². The van der Waals surface area contributed by atoms with Crippen molar-refractivity contribution in [2.45, 2.75) is 0 Å². The summed E-state index contributed by atoms with van der Waals surface area (Å²) in [5.74, 6) is 1.89. The Morgan fingerprint density at radius 2 is 0.839 bits per heavy atom. The van der Waals surface area contributed by atoms with Gasteiger partial charge in [-0.2, -0.15) is 0 Å². The van der Waals surface area contributed by atoms with Gasteiger partial charge in [0.25, 0.3) is 0 Å². The molecule has 0 spiro atoms. The van der Waals surface area contributed by atoms with Gasteiger partial charge in [-0.3, -0.25) is 0 Å². The second-order valence-electron chi connectivity index (χ2n) is 14.0. The Hall–Kier alpha value is -7.63. The molecule has 11 rings (SSSR count). The van der Waals surface area contributed by atoms with E-state index in [9.17, 15) is 0 Å². The molecule has 262 valence electrons. The first-order valence-corrected chi connectivity index (χ1v) is 18.8. The summed E-state index contributed by atoms with van der Waals surface area (Å²) in [6.45, 7) is 0. The molecule has 0 aliphatic heterocycles. The molecule has 0 aliphatic rings. The van der Waals surface area contributed by atoms with Gasteiger partial charge >= 0.3 is 0 Å². The number of fused-ring (bicyclic) bond motifs is 6. The van der Waals surface area contributed by atoms with E-state index >= 15 is 0 Å². The maximum absolute atomic E-state index is 6.27. The van der Waals surface area contributed by atoms with Crippen LogP contribution in [0.15, 0.2) is 199 Å². The molecule has 5 nitrogen and oxygen atoms in total. The molecule has 0 atom stereocenters. The van der Waals surface area contributed by atoms with E-state index in [1.807, 2.05) is 72.8 Å². The van der Waals surface area contributed by atoms with E-state index in [4.69, 9.17) is 19.4 Å². The van der Waals surface area contributed by atoms with Crippen LogP contribution in [0.3, 0.4) is 0 Å². The molecule has 3 heterocycles. The monoisotopic (exact) mass is 716 g/mol. The van der Waals surface area contributed by atoms with Crippen molar-refractivity contribution >= 4 is 43.7 Å². The summed E-state index contributed by atoms with van der Waals surface area (Å²) in [6.07, 6.45) is 0. The molecule has 8 aromatic carbocycles. The third kappa shape index (κ3) is 5.37. The summed E-state index contributed by atoms with van der Waals surface area (Å²) in [5.41, 5.74) is 12.4. The Balaban J connectivity index is 1.10. The highest BCUT2D eigenvalue weighted by Gasteiger charge is 2.19. The van der Waals surface area contributed by atoms with Gasteiger partial charge in [-0.25, -0.2) is 15.0 Å². The molecule has 0 radical (unpaired) electrons. The Morgan fingerprint density at radius 1 is 0.321 bits per heavy atom. The largest absolute Gasteiger partial charge is 0.456 e. The normalized spacial score (nSPS) is 11.6. The lowest BCUT2D eigenvalue weighted by molar-refractivity contribution is 0.669. The number of para-hydroxylation sites is 2. The third-order valence-electron chi connectivity index (χ3n) is 10.7. The predicted octanol–water partition coefficient (Wildman–Crippen LogP) is 13.2. The van der Waals surface area contributed by atoms with Crippen molar-refractivity contribution in [2.75, 3.05) is 0 Å². The van der Waals surface area contributed by atoms with Crippen molar-refractivity contribution in [3.8, 4) is 62.1 Å². The quantitative estimate of drug-likeness (QED) is 0.172. The summed E-state index contributed by atoms with van der Waals surface area (Å²) in [4.78, 5) is 15.0. The summed E-state index contributed by atoms with van der Waals surface area (Å²) in [7, 11) is 0. The molecule has 0 fully saturated rings. The van der Waals surface area contributed by atoms with E-state index in [0.717, 1.165) is 77.6 Å². The average molecular weight is 717 g/mol. The van der Waals surface area contributed by atoms with Gasteiger partial charge in [-0.05, 0) is 71.3 Å². The van der Waals surface area contributed by atoms with Crippen molar-refractivity contribution in [2.24, 2.45) is 0 Å². The van der Waals surface area contributed by atoms with Crippen LogP contribution in [0.1, 0.15) is 0 Å². The molecule has 0 aliphatic carbocycles. The third-order valence-corrected chi connectivity index (χ3v) is 10.7. The van der Waals surface area contributed by atoms with Gasteiger partial charge in [0, 0.05) is 43.8 Å². The fraction of sp³-hybridized carbons (Fsp3) is 0.